The van der Waals surface area contributed by atoms with Crippen LogP contribution in [-0.2, 0) is 4.79 Å². The third-order valence-corrected chi connectivity index (χ3v) is 0.757. The molecular weight excluding hydrogens is 162 g/mol. The highest BCUT2D eigenvalue weighted by Gasteiger charge is 2.22. The van der Waals surface area contributed by atoms with Gasteiger partial charge in [-0.15, -0.1) is 0 Å². The van der Waals surface area contributed by atoms with Gasteiger partial charge in [0.25, 0.3) is 0 Å². The van der Waals surface area contributed by atoms with E-state index in [1.165, 1.54) is 6.92 Å². The Hall–Kier alpha value is -0.0900. The van der Waals surface area contributed by atoms with E-state index in [2.05, 4.69) is 15.9 Å². The minimum Gasteiger partial charge on any atom is -0.479 e. The molecule has 0 aliphatic heterocycles. The zero-order chi connectivity index (χ0) is 6.08. The van der Waals surface area contributed by atoms with Crippen molar-refractivity contribution in [1.82, 2.24) is 0 Å². The Labute approximate surface area is 49.6 Å². The summed E-state index contributed by atoms with van der Waals surface area (Å²) in [4.78, 5) is 9.85. The molecule has 4 heteroatoms. The molecule has 42 valence electrons. The number of rotatable bonds is 1. The van der Waals surface area contributed by atoms with Gasteiger partial charge < -0.3 is 10.8 Å². The van der Waals surface area contributed by atoms with E-state index < -0.39 is 10.4 Å². The average molecular weight is 168 g/mol. The van der Waals surface area contributed by atoms with Crippen LogP contribution in [0.3, 0.4) is 0 Å². The maximum Gasteiger partial charge on any atom is 0.334 e. The first-order valence-corrected chi connectivity index (χ1v) is 2.45. The van der Waals surface area contributed by atoms with Crippen LogP contribution in [0.15, 0.2) is 0 Å². The molecule has 0 bridgehead atoms. The molecule has 0 saturated heterocycles. The lowest BCUT2D eigenvalue weighted by Crippen LogP contribution is -2.37. The summed E-state index contributed by atoms with van der Waals surface area (Å²) in [5.74, 6) is -1.06. The second-order valence-corrected chi connectivity index (χ2v) is 3.03. The second kappa shape index (κ2) is 1.79. The fraction of sp³-hybridized carbons (Fsp3) is 0.667. The summed E-state index contributed by atoms with van der Waals surface area (Å²) >= 11 is 2.72. The lowest BCUT2D eigenvalue weighted by atomic mass is 10.4. The molecule has 0 aromatic heterocycles. The van der Waals surface area contributed by atoms with E-state index in [0.29, 0.717) is 0 Å². The molecule has 0 unspecified atom stereocenters. The van der Waals surface area contributed by atoms with E-state index in [1.54, 1.807) is 0 Å². The van der Waals surface area contributed by atoms with E-state index in [9.17, 15) is 4.79 Å². The van der Waals surface area contributed by atoms with E-state index in [1.807, 2.05) is 0 Å². The monoisotopic (exact) mass is 167 g/mol. The largest absolute Gasteiger partial charge is 0.479 e. The van der Waals surface area contributed by atoms with Crippen LogP contribution in [0, 0.1) is 0 Å². The first kappa shape index (κ1) is 6.91. The summed E-state index contributed by atoms with van der Waals surface area (Å²) in [5, 5.41) is 8.08. The SMILES string of the molecule is C[C@](N)(Br)C(=O)O. The molecule has 0 heterocycles. The molecule has 3 nitrogen and oxygen atoms in total. The predicted octanol–water partition coefficient (Wildman–Crippen LogP) is 0.141. The van der Waals surface area contributed by atoms with Gasteiger partial charge in [0.1, 0.15) is 0 Å². The molecule has 7 heavy (non-hydrogen) atoms. The third kappa shape index (κ3) is 2.59. The van der Waals surface area contributed by atoms with Gasteiger partial charge in [0.05, 0.1) is 0 Å². The molecule has 1 atom stereocenters. The molecule has 0 aromatic carbocycles. The Morgan fingerprint density at radius 3 is 2.14 bits per heavy atom. The van der Waals surface area contributed by atoms with Crippen LogP contribution in [0.25, 0.3) is 0 Å². The molecule has 0 aliphatic rings. The maximum atomic E-state index is 9.85. The van der Waals surface area contributed by atoms with Crippen molar-refractivity contribution >= 4 is 21.9 Å². The van der Waals surface area contributed by atoms with Gasteiger partial charge in [-0.05, 0) is 6.92 Å². The number of aliphatic carboxylic acids is 1. The van der Waals surface area contributed by atoms with Crippen LogP contribution >= 0.6 is 15.9 Å². The van der Waals surface area contributed by atoms with Gasteiger partial charge in [-0.3, -0.25) is 0 Å². The van der Waals surface area contributed by atoms with E-state index in [4.69, 9.17) is 10.8 Å². The molecule has 0 aliphatic carbocycles. The molecule has 0 saturated carbocycles. The van der Waals surface area contributed by atoms with Gasteiger partial charge >= 0.3 is 5.97 Å². The number of carboxylic acid groups (broad SMARTS) is 1. The van der Waals surface area contributed by atoms with Crippen molar-refractivity contribution in [2.24, 2.45) is 5.73 Å². The highest BCUT2D eigenvalue weighted by atomic mass is 79.9. The zero-order valence-electron chi connectivity index (χ0n) is 3.81. The number of nitrogens with two attached hydrogens (primary N) is 1. The minimum atomic E-state index is -1.27. The smallest absolute Gasteiger partial charge is 0.334 e. The highest BCUT2D eigenvalue weighted by Crippen LogP contribution is 2.06. The Morgan fingerprint density at radius 2 is 2.14 bits per heavy atom. The van der Waals surface area contributed by atoms with Crippen molar-refractivity contribution in [2.75, 3.05) is 0 Å². The van der Waals surface area contributed by atoms with Crippen molar-refractivity contribution in [2.45, 2.75) is 11.4 Å². The molecule has 0 rings (SSSR count). The van der Waals surface area contributed by atoms with Crippen molar-refractivity contribution in [3.8, 4) is 0 Å². The quantitative estimate of drug-likeness (QED) is 0.432. The maximum absolute atomic E-state index is 9.85. The van der Waals surface area contributed by atoms with Crippen LogP contribution in [0.5, 0.6) is 0 Å². The number of hydrogen-bond acceptors (Lipinski definition) is 2. The third-order valence-electron chi connectivity index (χ3n) is 0.418. The molecule has 0 spiro atoms. The molecule has 0 fully saturated rings. The molecule has 0 radical (unpaired) electrons. The molecule has 3 N–H and O–H groups in total. The number of carbonyl (C=O) groups is 1. The Bertz CT molecular complexity index is 85.4. The minimum absolute atomic E-state index is 1.06. The van der Waals surface area contributed by atoms with Crippen molar-refractivity contribution in [3.05, 3.63) is 0 Å². The molecular formula is C3H6BrNO2. The van der Waals surface area contributed by atoms with Crippen LogP contribution in [0.1, 0.15) is 6.92 Å². The fourth-order valence-corrected chi connectivity index (χ4v) is 0. The summed E-state index contributed by atoms with van der Waals surface area (Å²) < 4.78 is -1.27. The Balaban J connectivity index is 3.79. The van der Waals surface area contributed by atoms with Crippen molar-refractivity contribution in [3.63, 3.8) is 0 Å². The van der Waals surface area contributed by atoms with Gasteiger partial charge in [0.2, 0.25) is 0 Å². The summed E-state index contributed by atoms with van der Waals surface area (Å²) in [7, 11) is 0. The Morgan fingerprint density at radius 1 is 2.00 bits per heavy atom. The van der Waals surface area contributed by atoms with Gasteiger partial charge in [0, 0.05) is 0 Å². The predicted molar refractivity (Wildman–Crippen MR) is 29.2 cm³/mol. The van der Waals surface area contributed by atoms with E-state index in [-0.39, 0.29) is 0 Å². The summed E-state index contributed by atoms with van der Waals surface area (Å²) in [6.45, 7) is 1.36. The normalized spacial score (nSPS) is 18.1. The molecule has 0 aromatic rings. The van der Waals surface area contributed by atoms with Crippen LogP contribution < -0.4 is 5.73 Å². The number of hydrogen-bond donors (Lipinski definition) is 2. The van der Waals surface area contributed by atoms with Gasteiger partial charge in [-0.1, -0.05) is 15.9 Å². The standard InChI is InChI=1S/C3H6BrNO2/c1-3(4,5)2(6)7/h5H2,1H3,(H,6,7)/t3-/m1/s1. The van der Waals surface area contributed by atoms with Gasteiger partial charge in [-0.2, -0.15) is 0 Å². The highest BCUT2D eigenvalue weighted by molar-refractivity contribution is 9.10. The zero-order valence-corrected chi connectivity index (χ0v) is 5.40. The van der Waals surface area contributed by atoms with Crippen molar-refractivity contribution in [1.29, 1.82) is 0 Å². The average Bonchev–Trinajstić information content (AvgIpc) is 1.31. The summed E-state index contributed by atoms with van der Waals surface area (Å²) in [6, 6.07) is 0. The molecule has 0 amide bonds. The lowest BCUT2D eigenvalue weighted by molar-refractivity contribution is -0.139. The van der Waals surface area contributed by atoms with Crippen LogP contribution in [0.2, 0.25) is 0 Å². The Kier molecular flexibility index (Phi) is 1.77. The topological polar surface area (TPSA) is 63.3 Å². The van der Waals surface area contributed by atoms with Crippen LogP contribution in [0.4, 0.5) is 0 Å². The summed E-state index contributed by atoms with van der Waals surface area (Å²) in [5.41, 5.74) is 5.00. The summed E-state index contributed by atoms with van der Waals surface area (Å²) in [6.07, 6.45) is 0. The van der Waals surface area contributed by atoms with Gasteiger partial charge in [-0.25, -0.2) is 4.79 Å². The van der Waals surface area contributed by atoms with Gasteiger partial charge in [0.15, 0.2) is 4.45 Å². The first-order valence-electron chi connectivity index (χ1n) is 1.66. The number of alkyl halides is 1. The number of halogens is 1. The van der Waals surface area contributed by atoms with E-state index in [0.717, 1.165) is 0 Å². The number of carboxylic acids is 1. The fourth-order valence-electron chi connectivity index (χ4n) is 0. The van der Waals surface area contributed by atoms with Crippen molar-refractivity contribution < 1.29 is 9.90 Å². The van der Waals surface area contributed by atoms with E-state index >= 15 is 0 Å². The first-order chi connectivity index (χ1) is 2.94. The lowest BCUT2D eigenvalue weighted by Gasteiger charge is -2.06. The van der Waals surface area contributed by atoms with Crippen LogP contribution in [-0.4, -0.2) is 15.5 Å². The second-order valence-electron chi connectivity index (χ2n) is 1.38.